The van der Waals surface area contributed by atoms with Crippen molar-refractivity contribution in [3.05, 3.63) is 0 Å². The maximum atomic E-state index is 10.1. The zero-order valence-electron chi connectivity index (χ0n) is 7.38. The minimum Gasteiger partial charge on any atom is -0.393 e. The summed E-state index contributed by atoms with van der Waals surface area (Å²) in [5, 5.41) is 20.2. The van der Waals surface area contributed by atoms with Gasteiger partial charge in [-0.3, -0.25) is 0 Å². The topological polar surface area (TPSA) is 40.5 Å². The second-order valence-electron chi connectivity index (χ2n) is 6.01. The zero-order valence-corrected chi connectivity index (χ0v) is 7.38. The highest BCUT2D eigenvalue weighted by atomic mass is 16.3. The lowest BCUT2D eigenvalue weighted by atomic mass is 9.58. The first kappa shape index (κ1) is 6.41. The molecule has 70 valence electrons. The highest BCUT2D eigenvalue weighted by Gasteiger charge is 2.83. The van der Waals surface area contributed by atoms with E-state index in [1.807, 2.05) is 0 Å². The number of aliphatic hydroxyl groups is 2. The van der Waals surface area contributed by atoms with E-state index < -0.39 is 0 Å². The van der Waals surface area contributed by atoms with Crippen molar-refractivity contribution >= 4 is 0 Å². The lowest BCUT2D eigenvalue weighted by Gasteiger charge is -2.47. The minimum atomic E-state index is -0.0304. The molecule has 2 heteroatoms. The molecule has 2 unspecified atom stereocenters. The van der Waals surface area contributed by atoms with Crippen LogP contribution in [0.1, 0.15) is 6.42 Å². The van der Waals surface area contributed by atoms with Gasteiger partial charge in [-0.25, -0.2) is 0 Å². The van der Waals surface area contributed by atoms with Crippen molar-refractivity contribution in [1.82, 2.24) is 0 Å². The average Bonchev–Trinajstić information content (AvgIpc) is 2.52. The van der Waals surface area contributed by atoms with Gasteiger partial charge >= 0.3 is 0 Å². The third-order valence-electron chi connectivity index (χ3n) is 6.32. The van der Waals surface area contributed by atoms with Crippen molar-refractivity contribution in [1.29, 1.82) is 0 Å². The van der Waals surface area contributed by atoms with Crippen LogP contribution in [0.25, 0.3) is 0 Å². The predicted molar refractivity (Wildman–Crippen MR) is 44.6 cm³/mol. The first-order valence-electron chi connectivity index (χ1n) is 5.67. The normalized spacial score (nSPS) is 85.4. The van der Waals surface area contributed by atoms with Gasteiger partial charge in [0.15, 0.2) is 0 Å². The Labute approximate surface area is 76.9 Å². The Balaban J connectivity index is 1.83. The average molecular weight is 178 g/mol. The monoisotopic (exact) mass is 178 g/mol. The lowest BCUT2D eigenvalue weighted by molar-refractivity contribution is -0.109. The summed E-state index contributed by atoms with van der Waals surface area (Å²) in [5.74, 6) is 5.33. The van der Waals surface area contributed by atoms with E-state index in [0.29, 0.717) is 23.7 Å². The van der Waals surface area contributed by atoms with E-state index in [2.05, 4.69) is 0 Å². The summed E-state index contributed by atoms with van der Waals surface area (Å²) in [6, 6.07) is 0. The van der Waals surface area contributed by atoms with Crippen LogP contribution < -0.4 is 0 Å². The van der Waals surface area contributed by atoms with E-state index in [4.69, 9.17) is 0 Å². The summed E-state index contributed by atoms with van der Waals surface area (Å²) < 4.78 is 0. The molecule has 5 fully saturated rings. The van der Waals surface area contributed by atoms with E-state index >= 15 is 0 Å². The molecular weight excluding hydrogens is 164 g/mol. The minimum absolute atomic E-state index is 0.0304. The lowest BCUT2D eigenvalue weighted by Crippen LogP contribution is -2.51. The van der Waals surface area contributed by atoms with Gasteiger partial charge in [-0.15, -0.1) is 0 Å². The van der Waals surface area contributed by atoms with Gasteiger partial charge in [-0.05, 0) is 53.8 Å². The van der Waals surface area contributed by atoms with Gasteiger partial charge < -0.3 is 10.2 Å². The third-order valence-corrected chi connectivity index (χ3v) is 6.32. The first-order valence-corrected chi connectivity index (χ1v) is 5.67. The van der Waals surface area contributed by atoms with Gasteiger partial charge in [-0.1, -0.05) is 0 Å². The van der Waals surface area contributed by atoms with Crippen molar-refractivity contribution in [2.45, 2.75) is 18.6 Å². The molecule has 5 rings (SSSR count). The largest absolute Gasteiger partial charge is 0.393 e. The van der Waals surface area contributed by atoms with Gasteiger partial charge in [0.1, 0.15) is 0 Å². The molecule has 0 saturated heterocycles. The van der Waals surface area contributed by atoms with Crippen LogP contribution in [0.5, 0.6) is 0 Å². The van der Waals surface area contributed by atoms with Crippen LogP contribution in [0.4, 0.5) is 0 Å². The number of hydrogen-bond donors (Lipinski definition) is 2. The second-order valence-corrected chi connectivity index (χ2v) is 6.01. The molecule has 5 aliphatic rings. The molecule has 2 bridgehead atoms. The standard InChI is InChI=1S/C11H14O2/c12-10-6-2-1-3-5-4(2)8(10)9(5)11(13)7(3)6/h2-13H,1H2/t2-,3-,4+,5?,6-,7?,8+,9-,10-,11-/m1/s1. The van der Waals surface area contributed by atoms with Crippen LogP contribution in [0.3, 0.4) is 0 Å². The van der Waals surface area contributed by atoms with E-state index in [1.165, 1.54) is 6.42 Å². The smallest absolute Gasteiger partial charge is 0.0609 e. The van der Waals surface area contributed by atoms with Crippen LogP contribution in [-0.4, -0.2) is 22.4 Å². The van der Waals surface area contributed by atoms with Crippen LogP contribution in [0.15, 0.2) is 0 Å². The summed E-state index contributed by atoms with van der Waals surface area (Å²) in [5.41, 5.74) is 0. The molecular formula is C11H14O2. The summed E-state index contributed by atoms with van der Waals surface area (Å²) >= 11 is 0. The highest BCUT2D eigenvalue weighted by molar-refractivity contribution is 5.30. The molecule has 0 amide bonds. The fraction of sp³-hybridized carbons (Fsp3) is 1.00. The van der Waals surface area contributed by atoms with Crippen LogP contribution in [-0.2, 0) is 0 Å². The Morgan fingerprint density at radius 1 is 0.615 bits per heavy atom. The van der Waals surface area contributed by atoms with Crippen molar-refractivity contribution in [3.8, 4) is 0 Å². The van der Waals surface area contributed by atoms with Gasteiger partial charge in [0.25, 0.3) is 0 Å². The molecule has 0 radical (unpaired) electrons. The SMILES string of the molecule is O[C@@H]1[C@H]2C3[C@@H]4C[C@@H]2[C@H]2C4[C@H]([C@@H]12)[C@@H]3O. The molecule has 2 N–H and O–H groups in total. The van der Waals surface area contributed by atoms with Gasteiger partial charge in [0, 0.05) is 0 Å². The number of rotatable bonds is 0. The molecule has 0 aromatic rings. The molecule has 5 aliphatic carbocycles. The van der Waals surface area contributed by atoms with E-state index in [-0.39, 0.29) is 12.2 Å². The Morgan fingerprint density at radius 3 is 1.54 bits per heavy atom. The third kappa shape index (κ3) is 0.375. The number of fused-ring (bicyclic) bond motifs is 2. The van der Waals surface area contributed by atoms with Crippen LogP contribution in [0, 0.1) is 47.3 Å². The number of aliphatic hydroxyl groups excluding tert-OH is 2. The van der Waals surface area contributed by atoms with Gasteiger partial charge in [0.05, 0.1) is 12.2 Å². The molecule has 0 spiro atoms. The van der Waals surface area contributed by atoms with E-state index in [9.17, 15) is 10.2 Å². The summed E-state index contributed by atoms with van der Waals surface area (Å²) in [6.07, 6.45) is 1.28. The maximum absolute atomic E-state index is 10.1. The van der Waals surface area contributed by atoms with Gasteiger partial charge in [0.2, 0.25) is 0 Å². The molecule has 0 heterocycles. The van der Waals surface area contributed by atoms with E-state index in [0.717, 1.165) is 23.7 Å². The van der Waals surface area contributed by atoms with Crippen LogP contribution in [0.2, 0.25) is 0 Å². The van der Waals surface area contributed by atoms with Crippen molar-refractivity contribution in [2.24, 2.45) is 47.3 Å². The zero-order chi connectivity index (χ0) is 8.48. The van der Waals surface area contributed by atoms with Gasteiger partial charge in [-0.2, -0.15) is 0 Å². The molecule has 2 nitrogen and oxygen atoms in total. The summed E-state index contributed by atoms with van der Waals surface area (Å²) in [6.45, 7) is 0. The summed E-state index contributed by atoms with van der Waals surface area (Å²) in [4.78, 5) is 0. The Kier molecular flexibility index (Phi) is 0.733. The molecule has 10 atom stereocenters. The molecule has 5 saturated carbocycles. The Bertz CT molecular complexity index is 281. The fourth-order valence-corrected chi connectivity index (χ4v) is 6.44. The molecule has 0 aromatic heterocycles. The van der Waals surface area contributed by atoms with E-state index in [1.54, 1.807) is 0 Å². The fourth-order valence-electron chi connectivity index (χ4n) is 6.44. The second kappa shape index (κ2) is 1.49. The quantitative estimate of drug-likeness (QED) is 0.552. The highest BCUT2D eigenvalue weighted by Crippen LogP contribution is 2.82. The number of hydrogen-bond acceptors (Lipinski definition) is 2. The molecule has 13 heavy (non-hydrogen) atoms. The van der Waals surface area contributed by atoms with Crippen molar-refractivity contribution in [3.63, 3.8) is 0 Å². The maximum Gasteiger partial charge on any atom is 0.0609 e. The molecule has 0 aromatic carbocycles. The first-order chi connectivity index (χ1) is 6.30. The predicted octanol–water partition coefficient (Wildman–Crippen LogP) is 0.0959. The van der Waals surface area contributed by atoms with Crippen LogP contribution >= 0.6 is 0 Å². The van der Waals surface area contributed by atoms with Crippen molar-refractivity contribution in [2.75, 3.05) is 0 Å². The Morgan fingerprint density at radius 2 is 1.08 bits per heavy atom. The molecule has 0 aliphatic heterocycles. The van der Waals surface area contributed by atoms with Crippen molar-refractivity contribution < 1.29 is 10.2 Å². The Hall–Kier alpha value is -0.0800. The summed E-state index contributed by atoms with van der Waals surface area (Å²) in [7, 11) is 0.